The van der Waals surface area contributed by atoms with Gasteiger partial charge in [0.1, 0.15) is 6.61 Å². The van der Waals surface area contributed by atoms with E-state index in [2.05, 4.69) is 34.8 Å². The van der Waals surface area contributed by atoms with Crippen LogP contribution < -0.4 is 20.6 Å². The highest BCUT2D eigenvalue weighted by atomic mass is 32.1. The Bertz CT molecular complexity index is 967. The van der Waals surface area contributed by atoms with Crippen LogP contribution in [0.2, 0.25) is 0 Å². The average molecular weight is 379 g/mol. The summed E-state index contributed by atoms with van der Waals surface area (Å²) in [6.45, 7) is 2.93. The molecular weight excluding hydrogens is 358 g/mol. The Labute approximate surface area is 163 Å². The van der Waals surface area contributed by atoms with Gasteiger partial charge in [-0.2, -0.15) is 5.10 Å². The van der Waals surface area contributed by atoms with Crippen LogP contribution in [0.1, 0.15) is 18.1 Å². The fourth-order valence-electron chi connectivity index (χ4n) is 2.74. The minimum Gasteiger partial charge on any atom is -0.490 e. The maximum atomic E-state index is 6.06. The maximum Gasteiger partial charge on any atom is 0.184 e. The number of ether oxygens (including phenoxy) is 2. The summed E-state index contributed by atoms with van der Waals surface area (Å²) in [6, 6.07) is 20.1. The highest BCUT2D eigenvalue weighted by Gasteiger charge is 2.08. The van der Waals surface area contributed by atoms with E-state index in [1.807, 2.05) is 43.3 Å². The van der Waals surface area contributed by atoms with Crippen molar-refractivity contribution in [3.05, 3.63) is 71.8 Å². The molecule has 0 saturated heterocycles. The lowest BCUT2D eigenvalue weighted by atomic mass is 10.1. The number of hydrogen-bond acceptors (Lipinski definition) is 4. The third-order valence-corrected chi connectivity index (χ3v) is 4.01. The van der Waals surface area contributed by atoms with Crippen LogP contribution in [0.3, 0.4) is 0 Å². The average Bonchev–Trinajstić information content (AvgIpc) is 2.67. The van der Waals surface area contributed by atoms with Gasteiger partial charge in [0.25, 0.3) is 0 Å². The van der Waals surface area contributed by atoms with Crippen LogP contribution in [0.15, 0.2) is 65.8 Å². The Kier molecular flexibility index (Phi) is 6.22. The van der Waals surface area contributed by atoms with Crippen molar-refractivity contribution in [2.45, 2.75) is 13.5 Å². The smallest absolute Gasteiger partial charge is 0.184 e. The van der Waals surface area contributed by atoms with E-state index in [0.717, 1.165) is 11.1 Å². The summed E-state index contributed by atoms with van der Waals surface area (Å²) >= 11 is 4.72. The number of nitrogens with one attached hydrogen (secondary N) is 1. The molecule has 0 saturated carbocycles. The van der Waals surface area contributed by atoms with E-state index in [-0.39, 0.29) is 5.11 Å². The zero-order valence-electron chi connectivity index (χ0n) is 15.0. The molecule has 5 nitrogen and oxygen atoms in total. The zero-order chi connectivity index (χ0) is 19.1. The summed E-state index contributed by atoms with van der Waals surface area (Å²) in [7, 11) is 0. The van der Waals surface area contributed by atoms with E-state index in [1.165, 1.54) is 10.8 Å². The summed E-state index contributed by atoms with van der Waals surface area (Å²) in [5, 5.41) is 6.46. The van der Waals surface area contributed by atoms with E-state index in [0.29, 0.717) is 24.7 Å². The zero-order valence-corrected chi connectivity index (χ0v) is 15.8. The van der Waals surface area contributed by atoms with Crippen molar-refractivity contribution >= 4 is 34.3 Å². The Balaban J connectivity index is 1.79. The summed E-state index contributed by atoms with van der Waals surface area (Å²) in [6.07, 6.45) is 1.62. The molecule has 3 N–H and O–H groups in total. The molecule has 0 heterocycles. The molecule has 0 unspecified atom stereocenters. The highest BCUT2D eigenvalue weighted by molar-refractivity contribution is 7.80. The Morgan fingerprint density at radius 1 is 1.07 bits per heavy atom. The molecule has 0 amide bonds. The molecule has 6 heteroatoms. The third kappa shape index (κ3) is 4.95. The summed E-state index contributed by atoms with van der Waals surface area (Å²) in [4.78, 5) is 0. The minimum atomic E-state index is 0.117. The van der Waals surface area contributed by atoms with Crippen molar-refractivity contribution in [2.24, 2.45) is 10.8 Å². The van der Waals surface area contributed by atoms with Crippen LogP contribution in [-0.4, -0.2) is 17.9 Å². The fourth-order valence-corrected chi connectivity index (χ4v) is 2.79. The van der Waals surface area contributed by atoms with Crippen molar-refractivity contribution in [1.29, 1.82) is 0 Å². The molecule has 0 aliphatic rings. The van der Waals surface area contributed by atoms with Crippen LogP contribution >= 0.6 is 12.2 Å². The second-order valence-electron chi connectivity index (χ2n) is 5.80. The number of nitrogens with zero attached hydrogens (tertiary/aromatic N) is 1. The maximum absolute atomic E-state index is 6.06. The summed E-state index contributed by atoms with van der Waals surface area (Å²) in [5.41, 5.74) is 9.86. The normalized spacial score (nSPS) is 10.9. The minimum absolute atomic E-state index is 0.117. The Morgan fingerprint density at radius 3 is 2.70 bits per heavy atom. The number of fused-ring (bicyclic) bond motifs is 1. The van der Waals surface area contributed by atoms with Gasteiger partial charge in [0.15, 0.2) is 16.6 Å². The van der Waals surface area contributed by atoms with Crippen LogP contribution in [0.25, 0.3) is 10.8 Å². The first-order chi connectivity index (χ1) is 13.2. The van der Waals surface area contributed by atoms with Gasteiger partial charge >= 0.3 is 0 Å². The number of nitrogens with two attached hydrogens (primary N) is 1. The van der Waals surface area contributed by atoms with Crippen molar-refractivity contribution in [3.63, 3.8) is 0 Å². The van der Waals surface area contributed by atoms with Gasteiger partial charge in [0, 0.05) is 0 Å². The van der Waals surface area contributed by atoms with E-state index in [4.69, 9.17) is 27.4 Å². The third-order valence-electron chi connectivity index (χ3n) is 3.92. The van der Waals surface area contributed by atoms with Crippen LogP contribution in [0.4, 0.5) is 0 Å². The van der Waals surface area contributed by atoms with Crippen LogP contribution in [-0.2, 0) is 6.61 Å². The first kappa shape index (κ1) is 18.7. The topological polar surface area (TPSA) is 68.9 Å². The molecule has 3 aromatic rings. The van der Waals surface area contributed by atoms with Crippen LogP contribution in [0.5, 0.6) is 11.5 Å². The molecule has 27 heavy (non-hydrogen) atoms. The molecule has 0 aliphatic heterocycles. The van der Waals surface area contributed by atoms with Gasteiger partial charge in [0.2, 0.25) is 0 Å². The van der Waals surface area contributed by atoms with Gasteiger partial charge in [-0.15, -0.1) is 0 Å². The quantitative estimate of drug-likeness (QED) is 0.369. The largest absolute Gasteiger partial charge is 0.490 e. The van der Waals surface area contributed by atoms with Gasteiger partial charge in [-0.25, -0.2) is 0 Å². The van der Waals surface area contributed by atoms with Gasteiger partial charge < -0.3 is 15.2 Å². The van der Waals surface area contributed by atoms with Gasteiger partial charge in [-0.1, -0.05) is 42.5 Å². The van der Waals surface area contributed by atoms with Crippen molar-refractivity contribution in [3.8, 4) is 11.5 Å². The van der Waals surface area contributed by atoms with Gasteiger partial charge in [-0.3, -0.25) is 5.43 Å². The molecule has 0 spiro atoms. The van der Waals surface area contributed by atoms with Gasteiger partial charge in [-0.05, 0) is 59.2 Å². The first-order valence-corrected chi connectivity index (χ1v) is 9.03. The standard InChI is InChI=1S/C21H21N3O2S/c1-2-25-20-12-15(13-23-24-21(22)27)10-11-19(20)26-14-17-8-5-7-16-6-3-4-9-18(16)17/h3-13H,2,14H2,1H3,(H3,22,24,27). The predicted octanol–water partition coefficient (Wildman–Crippen LogP) is 3.98. The van der Waals surface area contributed by atoms with Crippen LogP contribution in [0, 0.1) is 0 Å². The lowest BCUT2D eigenvalue weighted by Crippen LogP contribution is -2.23. The van der Waals surface area contributed by atoms with Gasteiger partial charge in [0.05, 0.1) is 12.8 Å². The fraction of sp³-hybridized carbons (Fsp3) is 0.143. The second kappa shape index (κ2) is 9.00. The lowest BCUT2D eigenvalue weighted by Gasteiger charge is -2.13. The molecule has 0 radical (unpaired) electrons. The highest BCUT2D eigenvalue weighted by Crippen LogP contribution is 2.29. The molecule has 3 aromatic carbocycles. The molecule has 0 aliphatic carbocycles. The second-order valence-corrected chi connectivity index (χ2v) is 6.24. The molecule has 0 atom stereocenters. The number of hydrazone groups is 1. The van der Waals surface area contributed by atoms with E-state index in [9.17, 15) is 0 Å². The molecule has 0 aromatic heterocycles. The number of thiocarbonyl (C=S) groups is 1. The molecular formula is C21H21N3O2S. The molecule has 0 fully saturated rings. The molecule has 0 bridgehead atoms. The predicted molar refractivity (Wildman–Crippen MR) is 113 cm³/mol. The van der Waals surface area contributed by atoms with E-state index < -0.39 is 0 Å². The Morgan fingerprint density at radius 2 is 1.89 bits per heavy atom. The first-order valence-electron chi connectivity index (χ1n) is 8.62. The summed E-state index contributed by atoms with van der Waals surface area (Å²) in [5.74, 6) is 1.35. The van der Waals surface area contributed by atoms with Crippen molar-refractivity contribution in [1.82, 2.24) is 5.43 Å². The molecule has 3 rings (SSSR count). The number of rotatable bonds is 7. The van der Waals surface area contributed by atoms with Crippen molar-refractivity contribution in [2.75, 3.05) is 6.61 Å². The SMILES string of the molecule is CCOc1cc(C=NNC(N)=S)ccc1OCc1cccc2ccccc12. The monoisotopic (exact) mass is 379 g/mol. The number of hydrogen-bond donors (Lipinski definition) is 2. The van der Waals surface area contributed by atoms with Crippen molar-refractivity contribution < 1.29 is 9.47 Å². The van der Waals surface area contributed by atoms with E-state index in [1.54, 1.807) is 6.21 Å². The summed E-state index contributed by atoms with van der Waals surface area (Å²) < 4.78 is 11.8. The lowest BCUT2D eigenvalue weighted by molar-refractivity contribution is 0.270. The molecule has 138 valence electrons. The number of benzene rings is 3. The van der Waals surface area contributed by atoms with E-state index >= 15 is 0 Å². The Hall–Kier alpha value is -3.12.